The molecule has 18 heavy (non-hydrogen) atoms. The van der Waals surface area contributed by atoms with Crippen LogP contribution in [0, 0.1) is 0 Å². The Bertz CT molecular complexity index is 416. The van der Waals surface area contributed by atoms with Gasteiger partial charge in [0.25, 0.3) is 0 Å². The number of pyridine rings is 1. The van der Waals surface area contributed by atoms with Gasteiger partial charge in [-0.15, -0.1) is 0 Å². The smallest absolute Gasteiger partial charge is 0.188 e. The highest BCUT2D eigenvalue weighted by atomic mass is 16.4. The van der Waals surface area contributed by atoms with Crippen molar-refractivity contribution in [1.29, 1.82) is 0 Å². The second-order valence-electron chi connectivity index (χ2n) is 4.64. The van der Waals surface area contributed by atoms with Gasteiger partial charge in [-0.2, -0.15) is 0 Å². The highest BCUT2D eigenvalue weighted by Crippen LogP contribution is 2.25. The third-order valence-electron chi connectivity index (χ3n) is 3.55. The number of hydrogen-bond acceptors (Lipinski definition) is 4. The van der Waals surface area contributed by atoms with Crippen LogP contribution >= 0.6 is 0 Å². The van der Waals surface area contributed by atoms with Crippen molar-refractivity contribution >= 4 is 11.5 Å². The summed E-state index contributed by atoms with van der Waals surface area (Å²) in [5, 5.41) is 11.5. The molecule has 0 spiro atoms. The molecule has 1 fully saturated rings. The molecule has 98 valence electrons. The van der Waals surface area contributed by atoms with Gasteiger partial charge in [-0.3, -0.25) is 4.98 Å². The molecule has 0 saturated carbocycles. The first-order valence-corrected chi connectivity index (χ1v) is 6.47. The van der Waals surface area contributed by atoms with E-state index >= 15 is 0 Å². The minimum absolute atomic E-state index is 0.0484. The normalized spacial score (nSPS) is 21.1. The quantitative estimate of drug-likeness (QED) is 0.371. The van der Waals surface area contributed by atoms with E-state index in [2.05, 4.69) is 22.0 Å². The number of piperidine rings is 1. The zero-order valence-corrected chi connectivity index (χ0v) is 10.7. The van der Waals surface area contributed by atoms with Gasteiger partial charge in [0.1, 0.15) is 5.69 Å². The predicted octanol–water partition coefficient (Wildman–Crippen LogP) is 1.94. The van der Waals surface area contributed by atoms with Gasteiger partial charge >= 0.3 is 0 Å². The van der Waals surface area contributed by atoms with E-state index in [4.69, 9.17) is 10.9 Å². The summed E-state index contributed by atoms with van der Waals surface area (Å²) in [6.07, 6.45) is 6.75. The number of hydrogen-bond donors (Lipinski definition) is 2. The molecule has 1 aliphatic rings. The van der Waals surface area contributed by atoms with E-state index in [0.717, 1.165) is 18.7 Å². The van der Waals surface area contributed by atoms with E-state index in [1.807, 2.05) is 6.07 Å². The maximum absolute atomic E-state index is 8.60. The van der Waals surface area contributed by atoms with Crippen LogP contribution in [0.2, 0.25) is 0 Å². The number of oxime groups is 1. The number of amidine groups is 1. The molecule has 5 heteroatoms. The second kappa shape index (κ2) is 5.71. The third-order valence-corrected chi connectivity index (χ3v) is 3.55. The predicted molar refractivity (Wildman–Crippen MR) is 72.0 cm³/mol. The van der Waals surface area contributed by atoms with Crippen molar-refractivity contribution < 1.29 is 5.21 Å². The van der Waals surface area contributed by atoms with Crippen molar-refractivity contribution in [3.05, 3.63) is 24.0 Å². The van der Waals surface area contributed by atoms with Crippen LogP contribution in [-0.4, -0.2) is 28.6 Å². The Labute approximate surface area is 107 Å². The molecule has 1 atom stereocenters. The van der Waals surface area contributed by atoms with Gasteiger partial charge in [0, 0.05) is 12.6 Å². The summed E-state index contributed by atoms with van der Waals surface area (Å²) in [5.41, 5.74) is 7.13. The first-order chi connectivity index (χ1) is 8.76. The molecule has 0 bridgehead atoms. The molecular formula is C13H20N4O. The Morgan fingerprint density at radius 2 is 2.39 bits per heavy atom. The fourth-order valence-corrected chi connectivity index (χ4v) is 2.52. The topological polar surface area (TPSA) is 74.7 Å². The zero-order valence-electron chi connectivity index (χ0n) is 10.7. The number of anilines is 1. The number of nitrogens with two attached hydrogens (primary N) is 1. The summed E-state index contributed by atoms with van der Waals surface area (Å²) < 4.78 is 0. The molecule has 0 aromatic carbocycles. The monoisotopic (exact) mass is 248 g/mol. The van der Waals surface area contributed by atoms with Gasteiger partial charge in [-0.05, 0) is 37.8 Å². The maximum Gasteiger partial charge on any atom is 0.188 e. The minimum Gasteiger partial charge on any atom is -0.409 e. The highest BCUT2D eigenvalue weighted by molar-refractivity contribution is 5.95. The fraction of sp³-hybridized carbons (Fsp3) is 0.538. The number of aromatic nitrogens is 1. The lowest BCUT2D eigenvalue weighted by atomic mass is 9.99. The van der Waals surface area contributed by atoms with Crippen LogP contribution in [0.25, 0.3) is 0 Å². The third kappa shape index (κ3) is 2.55. The van der Waals surface area contributed by atoms with Crippen molar-refractivity contribution in [2.45, 2.75) is 38.6 Å². The lowest BCUT2D eigenvalue weighted by molar-refractivity contribution is 0.318. The van der Waals surface area contributed by atoms with E-state index < -0.39 is 0 Å². The summed E-state index contributed by atoms with van der Waals surface area (Å²) >= 11 is 0. The molecule has 0 radical (unpaired) electrons. The number of rotatable bonds is 3. The summed E-state index contributed by atoms with van der Waals surface area (Å²) in [7, 11) is 0. The van der Waals surface area contributed by atoms with Gasteiger partial charge in [-0.1, -0.05) is 12.1 Å². The van der Waals surface area contributed by atoms with Gasteiger partial charge in [0.05, 0.1) is 11.9 Å². The van der Waals surface area contributed by atoms with Crippen LogP contribution in [0.15, 0.2) is 23.5 Å². The van der Waals surface area contributed by atoms with Crippen molar-refractivity contribution in [2.75, 3.05) is 11.4 Å². The highest BCUT2D eigenvalue weighted by Gasteiger charge is 2.21. The Morgan fingerprint density at radius 1 is 1.56 bits per heavy atom. The van der Waals surface area contributed by atoms with Crippen LogP contribution in [0.4, 0.5) is 5.69 Å². The first kappa shape index (κ1) is 12.7. The SMILES string of the molecule is CCC1CCCCN1c1ccc(/C(N)=N/O)nc1. The molecule has 3 N–H and O–H groups in total. The van der Waals surface area contributed by atoms with Gasteiger partial charge in [0.15, 0.2) is 5.84 Å². The molecular weight excluding hydrogens is 228 g/mol. The van der Waals surface area contributed by atoms with Gasteiger partial charge < -0.3 is 15.8 Å². The molecule has 5 nitrogen and oxygen atoms in total. The zero-order chi connectivity index (χ0) is 13.0. The van der Waals surface area contributed by atoms with E-state index in [1.165, 1.54) is 19.3 Å². The van der Waals surface area contributed by atoms with Crippen LogP contribution in [0.1, 0.15) is 38.3 Å². The average Bonchev–Trinajstić information content (AvgIpc) is 2.46. The summed E-state index contributed by atoms with van der Waals surface area (Å²) in [4.78, 5) is 6.65. The van der Waals surface area contributed by atoms with Crippen LogP contribution in [0.5, 0.6) is 0 Å². The van der Waals surface area contributed by atoms with Crippen LogP contribution in [-0.2, 0) is 0 Å². The molecule has 2 heterocycles. The lowest BCUT2D eigenvalue weighted by Gasteiger charge is -2.37. The van der Waals surface area contributed by atoms with Gasteiger partial charge in [0.2, 0.25) is 0 Å². The maximum atomic E-state index is 8.60. The van der Waals surface area contributed by atoms with E-state index in [0.29, 0.717) is 11.7 Å². The van der Waals surface area contributed by atoms with Crippen molar-refractivity contribution in [3.63, 3.8) is 0 Å². The molecule has 0 aliphatic carbocycles. The Balaban J connectivity index is 2.17. The Kier molecular flexibility index (Phi) is 4.02. The Morgan fingerprint density at radius 3 is 3.00 bits per heavy atom. The van der Waals surface area contributed by atoms with Crippen molar-refractivity contribution in [2.24, 2.45) is 10.9 Å². The number of nitrogens with zero attached hydrogens (tertiary/aromatic N) is 3. The summed E-state index contributed by atoms with van der Waals surface area (Å²) in [6.45, 7) is 3.31. The minimum atomic E-state index is 0.0484. The molecule has 1 aromatic rings. The van der Waals surface area contributed by atoms with Crippen LogP contribution < -0.4 is 10.6 Å². The summed E-state index contributed by atoms with van der Waals surface area (Å²) in [5.74, 6) is 0.0484. The lowest BCUT2D eigenvalue weighted by Crippen LogP contribution is -2.39. The Hall–Kier alpha value is -1.78. The van der Waals surface area contributed by atoms with Crippen molar-refractivity contribution in [3.8, 4) is 0 Å². The van der Waals surface area contributed by atoms with E-state index in [1.54, 1.807) is 12.3 Å². The average molecular weight is 248 g/mol. The summed E-state index contributed by atoms with van der Waals surface area (Å²) in [6, 6.07) is 4.40. The van der Waals surface area contributed by atoms with Crippen LogP contribution in [0.3, 0.4) is 0 Å². The molecule has 1 aromatic heterocycles. The second-order valence-corrected chi connectivity index (χ2v) is 4.64. The van der Waals surface area contributed by atoms with Gasteiger partial charge in [-0.25, -0.2) is 0 Å². The first-order valence-electron chi connectivity index (χ1n) is 6.47. The van der Waals surface area contributed by atoms with Crippen molar-refractivity contribution in [1.82, 2.24) is 4.98 Å². The van der Waals surface area contributed by atoms with E-state index in [9.17, 15) is 0 Å². The van der Waals surface area contributed by atoms with E-state index in [-0.39, 0.29) is 5.84 Å². The molecule has 1 aliphatic heterocycles. The molecule has 1 unspecified atom stereocenters. The standard InChI is InChI=1S/C13H20N4O/c1-2-10-5-3-4-8-17(10)11-6-7-12(15-9-11)13(14)16-18/h6-7,9-10,18H,2-5,8H2,1H3,(H2,14,16). The molecule has 1 saturated heterocycles. The molecule has 2 rings (SSSR count). The fourth-order valence-electron chi connectivity index (χ4n) is 2.52. The largest absolute Gasteiger partial charge is 0.409 e. The molecule has 0 amide bonds.